The van der Waals surface area contributed by atoms with Gasteiger partial charge in [-0.2, -0.15) is 0 Å². The van der Waals surface area contributed by atoms with Crippen molar-refractivity contribution < 1.29 is 0 Å². The molecule has 12 rings (SSSR count). The van der Waals surface area contributed by atoms with Crippen LogP contribution in [-0.4, -0.2) is 29.9 Å². The van der Waals surface area contributed by atoms with Crippen LogP contribution in [0.3, 0.4) is 0 Å². The summed E-state index contributed by atoms with van der Waals surface area (Å²) in [5.74, 6) is 3.74. The lowest BCUT2D eigenvalue weighted by Gasteiger charge is -2.15. The van der Waals surface area contributed by atoms with Gasteiger partial charge < -0.3 is 0 Å². The Morgan fingerprint density at radius 1 is 0.194 bits per heavy atom. The van der Waals surface area contributed by atoms with Crippen molar-refractivity contribution in [2.45, 2.75) is 0 Å². The zero-order chi connectivity index (χ0) is 41.0. The highest BCUT2D eigenvalue weighted by Gasteiger charge is 2.18. The SMILES string of the molecule is c1ccc(-c2nc(-c3ccccc3)nc(-c3ccc4c5ccc(-c6nc(-c7ccccc7)nc(-c7ccccc7)n6)cc5c5cccc6ccc7cccc(c4c3)c7c65)n2)cc1. The summed E-state index contributed by atoms with van der Waals surface area (Å²) in [4.78, 5) is 30.4. The van der Waals surface area contributed by atoms with Crippen molar-refractivity contribution in [2.24, 2.45) is 0 Å². The summed E-state index contributed by atoms with van der Waals surface area (Å²) in [6.07, 6.45) is 0. The van der Waals surface area contributed by atoms with Crippen LogP contribution in [0.1, 0.15) is 0 Å². The normalized spacial score (nSPS) is 11.5. The third-order valence-electron chi connectivity index (χ3n) is 11.7. The molecule has 6 nitrogen and oxygen atoms in total. The van der Waals surface area contributed by atoms with E-state index in [1.54, 1.807) is 0 Å². The number of benzene rings is 9. The van der Waals surface area contributed by atoms with Crippen LogP contribution in [0.15, 0.2) is 206 Å². The predicted octanol–water partition coefficient (Wildman–Crippen LogP) is 13.8. The monoisotopic (exact) mass is 790 g/mol. The molecular formula is C56H34N6. The minimum Gasteiger partial charge on any atom is -0.208 e. The van der Waals surface area contributed by atoms with Crippen LogP contribution in [0.4, 0.5) is 0 Å². The largest absolute Gasteiger partial charge is 0.208 e. The number of hydrogen-bond acceptors (Lipinski definition) is 6. The van der Waals surface area contributed by atoms with E-state index in [0.717, 1.165) is 65.7 Å². The number of rotatable bonds is 6. The molecule has 0 amide bonds. The van der Waals surface area contributed by atoms with Crippen molar-refractivity contribution in [2.75, 3.05) is 0 Å². The molecule has 0 bridgehead atoms. The average molecular weight is 791 g/mol. The Balaban J connectivity index is 1.15. The highest BCUT2D eigenvalue weighted by Crippen LogP contribution is 2.42. The summed E-state index contributed by atoms with van der Waals surface area (Å²) in [5, 5.41) is 11.5. The topological polar surface area (TPSA) is 77.3 Å². The number of aromatic nitrogens is 6. The predicted molar refractivity (Wildman–Crippen MR) is 253 cm³/mol. The Bertz CT molecular complexity index is 3310. The molecule has 0 aliphatic heterocycles. The fraction of sp³-hybridized carbons (Fsp3) is 0. The maximum atomic E-state index is 5.12. The van der Waals surface area contributed by atoms with Crippen LogP contribution in [0, 0.1) is 0 Å². The third kappa shape index (κ3) is 6.13. The lowest BCUT2D eigenvalue weighted by atomic mass is 9.89. The van der Waals surface area contributed by atoms with E-state index in [1.165, 1.54) is 21.5 Å². The van der Waals surface area contributed by atoms with Crippen molar-refractivity contribution in [3.63, 3.8) is 0 Å². The van der Waals surface area contributed by atoms with Crippen LogP contribution < -0.4 is 0 Å². The molecular weight excluding hydrogens is 757 g/mol. The third-order valence-corrected chi connectivity index (χ3v) is 11.7. The quantitative estimate of drug-likeness (QED) is 0.156. The first-order valence-electron chi connectivity index (χ1n) is 20.7. The van der Waals surface area contributed by atoms with Gasteiger partial charge in [0.05, 0.1) is 0 Å². The van der Waals surface area contributed by atoms with Crippen molar-refractivity contribution in [1.29, 1.82) is 0 Å². The molecule has 0 unspecified atom stereocenters. The smallest absolute Gasteiger partial charge is 0.164 e. The molecule has 288 valence electrons. The van der Waals surface area contributed by atoms with Crippen molar-refractivity contribution >= 4 is 53.9 Å². The van der Waals surface area contributed by atoms with Gasteiger partial charge in [0, 0.05) is 33.4 Å². The molecule has 0 fully saturated rings. The Hall–Kier alpha value is -8.48. The molecule has 0 N–H and O–H groups in total. The molecule has 12 aromatic rings. The fourth-order valence-electron chi connectivity index (χ4n) is 8.76. The number of nitrogens with zero attached hydrogens (tertiary/aromatic N) is 6. The van der Waals surface area contributed by atoms with Gasteiger partial charge in [0.15, 0.2) is 34.9 Å². The summed E-state index contributed by atoms with van der Waals surface area (Å²) in [6.45, 7) is 0. The molecule has 0 saturated carbocycles. The Morgan fingerprint density at radius 2 is 0.500 bits per heavy atom. The van der Waals surface area contributed by atoms with E-state index in [-0.39, 0.29) is 0 Å². The summed E-state index contributed by atoms with van der Waals surface area (Å²) < 4.78 is 0. The highest BCUT2D eigenvalue weighted by atomic mass is 15.0. The first-order valence-corrected chi connectivity index (χ1v) is 20.7. The minimum atomic E-state index is 0.613. The first-order chi connectivity index (χ1) is 30.7. The average Bonchev–Trinajstić information content (AvgIpc) is 3.36. The molecule has 0 aliphatic carbocycles. The van der Waals surface area contributed by atoms with Crippen LogP contribution in [0.25, 0.3) is 122 Å². The van der Waals surface area contributed by atoms with E-state index in [9.17, 15) is 0 Å². The van der Waals surface area contributed by atoms with Gasteiger partial charge in [0.2, 0.25) is 0 Å². The second-order valence-corrected chi connectivity index (χ2v) is 15.5. The molecule has 2 aromatic heterocycles. The standard InChI is InChI=1S/C56H34N6/c1-5-15-37(16-6-1)51-57-52(38-17-7-2-8-18-38)60-55(59-51)41-29-31-43-44-32-30-42(56-61-53(39-19-9-3-10-20-39)58-54(62-56)40-21-11-4-12-22-40)34-48(44)46-26-14-24-36-28-27-35-23-13-25-45(47(43)33-41)49(35)50(36)46/h1-34H. The lowest BCUT2D eigenvalue weighted by molar-refractivity contribution is 1.07. The molecule has 0 aliphatic rings. The fourth-order valence-corrected chi connectivity index (χ4v) is 8.76. The zero-order valence-electron chi connectivity index (χ0n) is 33.3. The van der Waals surface area contributed by atoms with Crippen LogP contribution >= 0.6 is 0 Å². The summed E-state index contributed by atoms with van der Waals surface area (Å²) in [6, 6.07) is 71.5. The molecule has 62 heavy (non-hydrogen) atoms. The molecule has 0 spiro atoms. The summed E-state index contributed by atoms with van der Waals surface area (Å²) in [7, 11) is 0. The Kier molecular flexibility index (Phi) is 8.38. The second kappa shape index (κ2) is 14.7. The van der Waals surface area contributed by atoms with E-state index < -0.39 is 0 Å². The summed E-state index contributed by atoms with van der Waals surface area (Å²) >= 11 is 0. The van der Waals surface area contributed by atoms with Crippen molar-refractivity contribution in [3.05, 3.63) is 206 Å². The molecule has 2 heterocycles. The lowest BCUT2D eigenvalue weighted by Crippen LogP contribution is -2.00. The van der Waals surface area contributed by atoms with Gasteiger partial charge in [-0.15, -0.1) is 0 Å². The molecule has 0 radical (unpaired) electrons. The molecule has 6 heteroatoms. The minimum absolute atomic E-state index is 0.613. The van der Waals surface area contributed by atoms with Gasteiger partial charge in [-0.05, 0) is 66.0 Å². The van der Waals surface area contributed by atoms with Gasteiger partial charge in [0.1, 0.15) is 0 Å². The van der Waals surface area contributed by atoms with E-state index in [1.807, 2.05) is 121 Å². The maximum absolute atomic E-state index is 5.12. The van der Waals surface area contributed by atoms with Gasteiger partial charge in [0.25, 0.3) is 0 Å². The summed E-state index contributed by atoms with van der Waals surface area (Å²) in [5.41, 5.74) is 5.54. The van der Waals surface area contributed by atoms with Crippen LogP contribution in [0.5, 0.6) is 0 Å². The van der Waals surface area contributed by atoms with Crippen molar-refractivity contribution in [1.82, 2.24) is 29.9 Å². The number of fused-ring (bicyclic) bond motifs is 5. The first kappa shape index (κ1) is 35.5. The molecule has 0 atom stereocenters. The number of hydrogen-bond donors (Lipinski definition) is 0. The van der Waals surface area contributed by atoms with Crippen LogP contribution in [0.2, 0.25) is 0 Å². The van der Waals surface area contributed by atoms with E-state index in [0.29, 0.717) is 34.9 Å². The zero-order valence-corrected chi connectivity index (χ0v) is 33.3. The van der Waals surface area contributed by atoms with Crippen LogP contribution in [-0.2, 0) is 0 Å². The maximum Gasteiger partial charge on any atom is 0.164 e. The molecule has 10 aromatic carbocycles. The van der Waals surface area contributed by atoms with Crippen molar-refractivity contribution in [3.8, 4) is 68.3 Å². The van der Waals surface area contributed by atoms with E-state index in [4.69, 9.17) is 29.9 Å². The van der Waals surface area contributed by atoms with Gasteiger partial charge in [-0.1, -0.05) is 194 Å². The Labute approximate surface area is 357 Å². The van der Waals surface area contributed by atoms with Gasteiger partial charge >= 0.3 is 0 Å². The Morgan fingerprint density at radius 3 is 0.823 bits per heavy atom. The second-order valence-electron chi connectivity index (χ2n) is 15.5. The molecule has 0 saturated heterocycles. The highest BCUT2D eigenvalue weighted by molar-refractivity contribution is 6.33. The van der Waals surface area contributed by atoms with Gasteiger partial charge in [-0.3, -0.25) is 0 Å². The van der Waals surface area contributed by atoms with E-state index >= 15 is 0 Å². The van der Waals surface area contributed by atoms with Gasteiger partial charge in [-0.25, -0.2) is 29.9 Å². The van der Waals surface area contributed by atoms with E-state index in [2.05, 4.69) is 84.9 Å².